The van der Waals surface area contributed by atoms with Crippen LogP contribution in [0.2, 0.25) is 0 Å². The molecular weight excluding hydrogens is 438 g/mol. The second-order valence-electron chi connectivity index (χ2n) is 9.15. The molecular formula is C29H29N3O3. The Morgan fingerprint density at radius 3 is 2.51 bits per heavy atom. The molecule has 6 nitrogen and oxygen atoms in total. The zero-order chi connectivity index (χ0) is 24.4. The van der Waals surface area contributed by atoms with E-state index >= 15 is 0 Å². The number of morpholine rings is 1. The molecule has 1 aliphatic rings. The van der Waals surface area contributed by atoms with Crippen LogP contribution in [-0.4, -0.2) is 49.1 Å². The Kier molecular flexibility index (Phi) is 6.34. The van der Waals surface area contributed by atoms with Gasteiger partial charge in [-0.2, -0.15) is 0 Å². The Morgan fingerprint density at radius 2 is 1.71 bits per heavy atom. The molecule has 0 radical (unpaired) electrons. The van der Waals surface area contributed by atoms with Crippen molar-refractivity contribution in [2.24, 2.45) is 0 Å². The smallest absolute Gasteiger partial charge is 0.256 e. The maximum absolute atomic E-state index is 13.7. The summed E-state index contributed by atoms with van der Waals surface area (Å²) in [4.78, 5) is 20.0. The van der Waals surface area contributed by atoms with Crippen LogP contribution in [0, 0.1) is 12.1 Å². The van der Waals surface area contributed by atoms with Crippen LogP contribution in [0.25, 0.3) is 21.9 Å². The average Bonchev–Trinajstić information content (AvgIpc) is 2.89. The van der Waals surface area contributed by atoms with Crippen LogP contribution < -0.4 is 4.65 Å². The molecule has 1 aliphatic heterocycles. The number of benzene rings is 3. The fraction of sp³-hybridized carbons (Fsp3) is 0.241. The number of pyridine rings is 1. The fourth-order valence-corrected chi connectivity index (χ4v) is 4.77. The minimum Gasteiger partial charge on any atom is -0.626 e. The number of amides is 1. The van der Waals surface area contributed by atoms with Gasteiger partial charge in [-0.15, -0.1) is 0 Å². The van der Waals surface area contributed by atoms with Crippen LogP contribution in [-0.2, 0) is 11.3 Å². The van der Waals surface area contributed by atoms with E-state index in [4.69, 9.17) is 4.74 Å². The number of quaternary nitrogens is 1. The highest BCUT2D eigenvalue weighted by atomic mass is 16.6. The van der Waals surface area contributed by atoms with E-state index in [2.05, 4.69) is 29.2 Å². The number of ether oxygens (including phenoxy) is 1. The van der Waals surface area contributed by atoms with Gasteiger partial charge in [0, 0.05) is 31.4 Å². The van der Waals surface area contributed by atoms with E-state index in [1.165, 1.54) is 0 Å². The average molecular weight is 468 g/mol. The zero-order valence-corrected chi connectivity index (χ0v) is 20.1. The Hall–Kier alpha value is -3.58. The van der Waals surface area contributed by atoms with Crippen molar-refractivity contribution in [3.63, 3.8) is 0 Å². The summed E-state index contributed by atoms with van der Waals surface area (Å²) in [6.07, 6.45) is 1.58. The van der Waals surface area contributed by atoms with E-state index in [0.717, 1.165) is 33.0 Å². The molecule has 178 valence electrons. The predicted molar refractivity (Wildman–Crippen MR) is 140 cm³/mol. The summed E-state index contributed by atoms with van der Waals surface area (Å²) in [5.41, 5.74) is 4.28. The summed E-state index contributed by atoms with van der Waals surface area (Å²) in [5.74, 6) is 0.287. The Labute approximate surface area is 205 Å². The Bertz CT molecular complexity index is 1370. The number of carbonyl (C=O) groups is 1. The van der Waals surface area contributed by atoms with Gasteiger partial charge in [0.2, 0.25) is 5.82 Å². The third-order valence-corrected chi connectivity index (χ3v) is 6.80. The van der Waals surface area contributed by atoms with Crippen molar-refractivity contribution >= 4 is 22.5 Å². The van der Waals surface area contributed by atoms with Gasteiger partial charge in [-0.05, 0) is 34.4 Å². The number of hydroxylamine groups is 2. The van der Waals surface area contributed by atoms with Gasteiger partial charge in [0.1, 0.15) is 13.1 Å². The number of rotatable bonds is 5. The molecule has 0 bridgehead atoms. The zero-order valence-electron chi connectivity index (χ0n) is 20.1. The molecule has 1 aromatic heterocycles. The summed E-state index contributed by atoms with van der Waals surface area (Å²) >= 11 is 0. The molecule has 0 spiro atoms. The van der Waals surface area contributed by atoms with Gasteiger partial charge in [-0.1, -0.05) is 66.7 Å². The minimum atomic E-state index is -0.542. The maximum Gasteiger partial charge on any atom is 0.256 e. The molecule has 2 heterocycles. The van der Waals surface area contributed by atoms with Crippen molar-refractivity contribution in [1.82, 2.24) is 14.5 Å². The quantitative estimate of drug-likeness (QED) is 0.294. The third-order valence-electron chi connectivity index (χ3n) is 6.80. The SMILES string of the molecule is Cc1ccccc1-c1cc([N+]2([O-])CCOCC2)ncc1C(=O)N(C)Cc1cccc2ccccc12. The third kappa shape index (κ3) is 4.56. The van der Waals surface area contributed by atoms with Crippen molar-refractivity contribution in [1.29, 1.82) is 0 Å². The van der Waals surface area contributed by atoms with Gasteiger partial charge >= 0.3 is 0 Å². The largest absolute Gasteiger partial charge is 0.626 e. The maximum atomic E-state index is 13.7. The lowest BCUT2D eigenvalue weighted by Gasteiger charge is -2.43. The molecule has 0 N–H and O–H groups in total. The number of carbonyl (C=O) groups excluding carboxylic acids is 1. The van der Waals surface area contributed by atoms with Gasteiger partial charge in [0.05, 0.1) is 18.8 Å². The lowest BCUT2D eigenvalue weighted by atomic mass is 9.96. The molecule has 4 aromatic rings. The molecule has 0 aliphatic carbocycles. The van der Waals surface area contributed by atoms with E-state index in [-0.39, 0.29) is 5.91 Å². The number of aromatic nitrogens is 1. The molecule has 0 unspecified atom stereocenters. The van der Waals surface area contributed by atoms with Crippen LogP contribution in [0.15, 0.2) is 79.0 Å². The standard InChI is InChI=1S/C29H29N3O3/c1-21-8-3-5-12-24(21)26-18-28(32(34)14-16-35-17-15-32)30-19-27(26)29(33)31(2)20-23-11-7-10-22-9-4-6-13-25(22)23/h3-13,18-19H,14-17,20H2,1-2H3. The van der Waals surface area contributed by atoms with Crippen LogP contribution >= 0.6 is 0 Å². The Morgan fingerprint density at radius 1 is 1.00 bits per heavy atom. The van der Waals surface area contributed by atoms with Gasteiger partial charge in [-0.25, -0.2) is 4.98 Å². The van der Waals surface area contributed by atoms with E-state index in [1.54, 1.807) is 17.2 Å². The first-order valence-corrected chi connectivity index (χ1v) is 11.9. The van der Waals surface area contributed by atoms with E-state index in [0.29, 0.717) is 44.2 Å². The summed E-state index contributed by atoms with van der Waals surface area (Å²) < 4.78 is 4.85. The normalized spacial score (nSPS) is 15.2. The van der Waals surface area contributed by atoms with Crippen molar-refractivity contribution in [2.75, 3.05) is 33.4 Å². The van der Waals surface area contributed by atoms with Gasteiger partial charge in [0.25, 0.3) is 5.91 Å². The molecule has 0 atom stereocenters. The van der Waals surface area contributed by atoms with Crippen LogP contribution in [0.3, 0.4) is 0 Å². The lowest BCUT2D eigenvalue weighted by Crippen LogP contribution is -2.52. The molecule has 0 saturated carbocycles. The number of fused-ring (bicyclic) bond motifs is 1. The van der Waals surface area contributed by atoms with E-state index in [1.807, 2.05) is 56.4 Å². The molecule has 1 amide bonds. The summed E-state index contributed by atoms with van der Waals surface area (Å²) in [6.45, 7) is 3.91. The van der Waals surface area contributed by atoms with Crippen LogP contribution in [0.4, 0.5) is 5.82 Å². The first-order chi connectivity index (χ1) is 17.0. The molecule has 1 fully saturated rings. The minimum absolute atomic E-state index is 0.130. The summed E-state index contributed by atoms with van der Waals surface area (Å²) in [6, 6.07) is 24.1. The summed E-state index contributed by atoms with van der Waals surface area (Å²) in [7, 11) is 1.81. The van der Waals surface area contributed by atoms with Crippen molar-refractivity contribution in [2.45, 2.75) is 13.5 Å². The summed E-state index contributed by atoms with van der Waals surface area (Å²) in [5, 5.41) is 15.8. The van der Waals surface area contributed by atoms with Gasteiger partial charge in [-0.3, -0.25) is 4.79 Å². The van der Waals surface area contributed by atoms with Crippen molar-refractivity contribution in [3.05, 3.63) is 101 Å². The van der Waals surface area contributed by atoms with E-state index < -0.39 is 4.65 Å². The predicted octanol–water partition coefficient (Wildman–Crippen LogP) is 5.32. The molecule has 3 aromatic carbocycles. The first kappa shape index (κ1) is 23.2. The number of aryl methyl sites for hydroxylation is 1. The molecule has 6 heteroatoms. The molecule has 1 saturated heterocycles. The topological polar surface area (TPSA) is 65.5 Å². The van der Waals surface area contributed by atoms with E-state index in [9.17, 15) is 10.0 Å². The fourth-order valence-electron chi connectivity index (χ4n) is 4.77. The highest BCUT2D eigenvalue weighted by Crippen LogP contribution is 2.33. The monoisotopic (exact) mass is 467 g/mol. The molecule has 35 heavy (non-hydrogen) atoms. The Balaban J connectivity index is 1.54. The van der Waals surface area contributed by atoms with Gasteiger partial charge < -0.3 is 19.5 Å². The van der Waals surface area contributed by atoms with Crippen LogP contribution in [0.1, 0.15) is 21.5 Å². The van der Waals surface area contributed by atoms with Crippen molar-refractivity contribution in [3.8, 4) is 11.1 Å². The molecule has 5 rings (SSSR count). The van der Waals surface area contributed by atoms with Crippen molar-refractivity contribution < 1.29 is 9.53 Å². The highest BCUT2D eigenvalue weighted by Gasteiger charge is 2.28. The highest BCUT2D eigenvalue weighted by molar-refractivity contribution is 6.01. The number of nitrogens with zero attached hydrogens (tertiary/aromatic N) is 3. The second-order valence-corrected chi connectivity index (χ2v) is 9.15. The van der Waals surface area contributed by atoms with Crippen LogP contribution in [0.5, 0.6) is 0 Å². The number of hydrogen-bond donors (Lipinski definition) is 0. The second kappa shape index (κ2) is 9.58. The first-order valence-electron chi connectivity index (χ1n) is 11.9. The lowest BCUT2D eigenvalue weighted by molar-refractivity contribution is 0.0601. The van der Waals surface area contributed by atoms with Gasteiger partial charge in [0.15, 0.2) is 0 Å². The number of hydrogen-bond acceptors (Lipinski definition) is 4.